The molecule has 49 nitrogen and oxygen atoms in total. The predicted octanol–water partition coefficient (Wildman–Crippen LogP) is -29.9. The van der Waals surface area contributed by atoms with Crippen LogP contribution in [0.4, 0.5) is 0 Å². The van der Waals surface area contributed by atoms with Crippen molar-refractivity contribution in [1.29, 1.82) is 0 Å². The van der Waals surface area contributed by atoms with Crippen LogP contribution in [0.25, 0.3) is 31.3 Å². The van der Waals surface area contributed by atoms with Gasteiger partial charge in [-0.15, -0.1) is 5.11 Å². The molecule has 0 aromatic heterocycles. The molecule has 0 bridgehead atoms. The van der Waals surface area contributed by atoms with Crippen LogP contribution in [0.15, 0.2) is 15.3 Å². The molecular weight excluding hydrogens is 1460 g/mol. The molecule has 0 spiro atoms. The Labute approximate surface area is 675 Å². The Morgan fingerprint density at radius 2 is 0.902 bits per heavy atom. The van der Waals surface area contributed by atoms with Gasteiger partial charge < -0.3 is 135 Å². The van der Waals surface area contributed by atoms with E-state index < -0.39 is 206 Å². The number of methoxy groups -OCH3 is 1. The number of hydrogen-bond donors (Lipinski definition) is 9. The van der Waals surface area contributed by atoms with Gasteiger partial charge in [0.15, 0.2) is 31.3 Å². The molecule has 61 heteroatoms. The van der Waals surface area contributed by atoms with E-state index in [1.54, 1.807) is 0 Å². The molecule has 5 heterocycles. The molecule has 5 rings (SSSR count). The van der Waals surface area contributed by atoms with Gasteiger partial charge in [0, 0.05) is 16.9 Å². The van der Waals surface area contributed by atoms with Crippen molar-refractivity contribution in [3.8, 4) is 0 Å². The van der Waals surface area contributed by atoms with Gasteiger partial charge in [-0.25, -0.2) is 54.7 Å². The summed E-state index contributed by atoms with van der Waals surface area (Å²) in [5.74, 6) is 0. The van der Waals surface area contributed by atoms with Gasteiger partial charge in [0.1, 0.15) is 48.9 Å². The summed E-state index contributed by atoms with van der Waals surface area (Å²) in [5, 5.41) is 75.2. The van der Waals surface area contributed by atoms with E-state index in [1.165, 1.54) is 12.6 Å². The second-order valence-corrected chi connectivity index (χ2v) is 20.6. The molecule has 5 fully saturated rings. The number of aliphatic hydroxyl groups is 6. The van der Waals surface area contributed by atoms with Crippen LogP contribution in [-0.4, -0.2) is 294 Å². The molecule has 0 aromatic rings. The maximum absolute atomic E-state index is 12.3. The van der Waals surface area contributed by atoms with Gasteiger partial charge in [0.2, 0.25) is 52.0 Å². The SMILES string of the molecule is O=S(=O)([O-])O.O=S(=O)([O-])O.O=S(=O)([O-])O.[CH2-]C1O[C@@H](O[C@H]2C([C-]=O)O[C@@H](O[C@H]3C(COS(=O)(=O)[O-])O[C@@H](OC)C(N=[N+]=[N-])[C@H]3O)C(OS(=O)(=O)[O-])[C@H]2O)C(N=[N+]=[N-])[CH-][C@H]1O[C@@H]1OC([C-]=O)[C@H](O[C@@H]2OC([CH2-])[C@H](O)[C@H](O)C2N=[N+]=[N-])[C@H](O)C1O.[Na+].[Na+].[Na+].[Na+].[Na+].[Na+].[Na+].[OH-].[OH-]. The summed E-state index contributed by atoms with van der Waals surface area (Å²) in [6.07, 6.45) is -37.9. The summed E-state index contributed by atoms with van der Waals surface area (Å²) in [7, 11) is -25.1. The average Bonchev–Trinajstić information content (AvgIpc) is 0.851. The van der Waals surface area contributed by atoms with Crippen molar-refractivity contribution >= 4 is 64.6 Å². The quantitative estimate of drug-likeness (QED) is 0.0110. The van der Waals surface area contributed by atoms with E-state index in [1.807, 2.05) is 0 Å². The van der Waals surface area contributed by atoms with Crippen LogP contribution in [0.3, 0.4) is 0 Å². The predicted molar refractivity (Wildman–Crippen MR) is 242 cm³/mol. The van der Waals surface area contributed by atoms with E-state index in [4.69, 9.17) is 111 Å². The van der Waals surface area contributed by atoms with E-state index in [2.05, 4.69) is 52.3 Å². The Morgan fingerprint density at radius 3 is 1.32 bits per heavy atom. The van der Waals surface area contributed by atoms with E-state index in [0.29, 0.717) is 0 Å². The fourth-order valence-electron chi connectivity index (χ4n) is 7.32. The second-order valence-electron chi connectivity index (χ2n) is 16.0. The fourth-order valence-corrected chi connectivity index (χ4v) is 8.10. The number of azide groups is 3. The van der Waals surface area contributed by atoms with E-state index in [9.17, 15) is 71.7 Å². The van der Waals surface area contributed by atoms with Gasteiger partial charge in [0.05, 0.1) is 37.1 Å². The summed E-state index contributed by atoms with van der Waals surface area (Å²) < 4.78 is 232. The van der Waals surface area contributed by atoms with Crippen LogP contribution >= 0.6 is 0 Å². The number of carbonyl (C=O) groups excluding carboxylic acids is 2. The second kappa shape index (κ2) is 50.3. The zero-order chi connectivity index (χ0) is 63.9. The van der Waals surface area contributed by atoms with Gasteiger partial charge in [-0.2, -0.15) is 0 Å². The van der Waals surface area contributed by atoms with Crippen molar-refractivity contribution in [2.24, 2.45) is 15.3 Å². The van der Waals surface area contributed by atoms with Crippen LogP contribution in [0.5, 0.6) is 0 Å². The van der Waals surface area contributed by atoms with Gasteiger partial charge in [-0.1, -0.05) is 22.4 Å². The molecule has 5 aliphatic heterocycles. The van der Waals surface area contributed by atoms with Crippen molar-refractivity contribution in [1.82, 2.24) is 0 Å². The maximum atomic E-state index is 12.3. The van der Waals surface area contributed by atoms with E-state index in [-0.39, 0.29) is 218 Å². The third kappa shape index (κ3) is 39.5. The van der Waals surface area contributed by atoms with Crippen LogP contribution in [0, 0.1) is 20.3 Å². The molecule has 0 aromatic carbocycles. The summed E-state index contributed by atoms with van der Waals surface area (Å²) in [6, 6.07) is -5.13. The molecule has 0 amide bonds. The minimum Gasteiger partial charge on any atom is -0.870 e. The molecule has 496 valence electrons. The minimum atomic E-state index is -5.89. The Hall–Kier alpha value is 2.90. The number of aliphatic hydroxyl groups excluding tert-OH is 6. The topological polar surface area (TPSA) is 819 Å². The van der Waals surface area contributed by atoms with Gasteiger partial charge >= 0.3 is 207 Å². The molecule has 24 atom stereocenters. The van der Waals surface area contributed by atoms with Crippen LogP contribution in [0.2, 0.25) is 0 Å². The molecule has 5 saturated heterocycles. The zero-order valence-electron chi connectivity index (χ0n) is 48.4. The Morgan fingerprint density at radius 1 is 0.500 bits per heavy atom. The average molecular weight is 1500 g/mol. The van der Waals surface area contributed by atoms with Crippen molar-refractivity contribution < 1.29 is 392 Å². The summed E-state index contributed by atoms with van der Waals surface area (Å²) in [6.45, 7) is 5.92. The molecule has 10 unspecified atom stereocenters. The molecular formula is C31H45N9Na7O40S5-5. The molecule has 92 heavy (non-hydrogen) atoms. The largest absolute Gasteiger partial charge is 1.00 e. The van der Waals surface area contributed by atoms with Crippen molar-refractivity contribution in [2.45, 2.75) is 147 Å². The first-order valence-corrected chi connectivity index (χ1v) is 28.0. The minimum absolute atomic E-state index is 0. The number of nitrogens with zero attached hydrogens (tertiary/aromatic N) is 9. The Bertz CT molecular complexity index is 2810. The third-order valence-corrected chi connectivity index (χ3v) is 11.4. The molecule has 0 saturated carbocycles. The fraction of sp³-hybridized carbons (Fsp3) is 0.839. The Balaban J connectivity index is -0.000000439. The molecule has 0 aliphatic carbocycles. The van der Waals surface area contributed by atoms with Gasteiger partial charge in [-0.05, 0) is 45.9 Å². The normalized spacial score (nSPS) is 34.8. The monoisotopic (exact) mass is 1500 g/mol. The zero-order valence-corrected chi connectivity index (χ0v) is 66.5. The molecule has 0 radical (unpaired) electrons. The maximum Gasteiger partial charge on any atom is 1.00 e. The Kier molecular flexibility index (Phi) is 60.6. The smallest absolute Gasteiger partial charge is 0.870 e. The van der Waals surface area contributed by atoms with Crippen LogP contribution < -0.4 is 207 Å². The van der Waals surface area contributed by atoms with E-state index in [0.717, 1.165) is 13.5 Å². The van der Waals surface area contributed by atoms with Crippen LogP contribution in [-0.2, 0) is 117 Å². The third-order valence-electron chi connectivity index (χ3n) is 10.5. The van der Waals surface area contributed by atoms with Crippen molar-refractivity contribution in [3.05, 3.63) is 51.6 Å². The standard InChI is InChI=1S/C31H42N9O26S2.7Na.3H2O4S.2H2O/c1-8-11(59-30-21(47)20(46)23(12(5-41)60-30)64-29-15(36-39-33)18(44)17(43)9(2)58-29)4-10(35-38-32)27(57-8)63-24-13(6-42)61-31(26(22(24)48)66-68(52,53)54)65-25-14(7-56-67(49,50)51)62-28(55-3)16(19(25)45)37-40-34;;;;;;;;3*1-5(2,3)4;;/h4,8-31,43-48H,1-2,7H2,3H3,(H,49,50,51)(H,52,53,54);;;;;;;;3*(H2,1,2,3,4);2*1H2/q-5;7*+1;;;;;/p-7/t8?,9?,10?,11-,12?,13?,14?,15?,16?,17+,18-,19-,20-,21?,22+,23+,24+,25+,26?,27+,28-,29+,30-,31+;;;;;;;;;;;;/m1............/s1. The van der Waals surface area contributed by atoms with Gasteiger partial charge in [-0.3, -0.25) is 28.4 Å². The first kappa shape index (κ1) is 111. The van der Waals surface area contributed by atoms with Crippen molar-refractivity contribution in [3.63, 3.8) is 0 Å². The first-order valence-electron chi connectivity index (χ1n) is 21.2. The molecule has 5 aliphatic rings. The molecule has 11 N–H and O–H groups in total. The van der Waals surface area contributed by atoms with Gasteiger partial charge in [0.25, 0.3) is 0 Å². The van der Waals surface area contributed by atoms with Crippen molar-refractivity contribution in [2.75, 3.05) is 13.7 Å². The number of rotatable bonds is 19. The number of hydrogen-bond acceptors (Lipinski definition) is 40. The summed E-state index contributed by atoms with van der Waals surface area (Å²) in [5.41, 5.74) is 27.4. The van der Waals surface area contributed by atoms with Crippen LogP contribution in [0.1, 0.15) is 0 Å². The number of ether oxygens (including phenoxy) is 10. The van der Waals surface area contributed by atoms with E-state index >= 15 is 0 Å². The summed E-state index contributed by atoms with van der Waals surface area (Å²) >= 11 is 0. The summed E-state index contributed by atoms with van der Waals surface area (Å²) in [4.78, 5) is 32.1. The first-order chi connectivity index (χ1) is 38.0.